The van der Waals surface area contributed by atoms with Gasteiger partial charge in [-0.3, -0.25) is 0 Å². The van der Waals surface area contributed by atoms with Crippen molar-refractivity contribution >= 4 is 10.0 Å². The van der Waals surface area contributed by atoms with E-state index in [4.69, 9.17) is 10.4 Å². The lowest BCUT2D eigenvalue weighted by Crippen LogP contribution is -2.38. The van der Waals surface area contributed by atoms with Crippen LogP contribution in [0.2, 0.25) is 0 Å². The molecule has 0 aliphatic carbocycles. The highest BCUT2D eigenvalue weighted by Gasteiger charge is 2.26. The predicted molar refractivity (Wildman–Crippen MR) is 71.9 cm³/mol. The summed E-state index contributed by atoms with van der Waals surface area (Å²) in [6, 6.07) is 8.04. The molecule has 0 aliphatic rings. The van der Waals surface area contributed by atoms with Gasteiger partial charge in [0.05, 0.1) is 24.0 Å². The number of hydrogen-bond donors (Lipinski definition) is 1. The number of aliphatic hydroxyl groups is 1. The summed E-state index contributed by atoms with van der Waals surface area (Å²) >= 11 is 0. The standard InChI is InChI=1S/C13H18N2O3S/c1-11(2)15(9-10-16)19(17,18)13-5-3-12(4-6-13)7-8-14/h3-6,11,16H,7,9-10H2,1-2H3. The van der Waals surface area contributed by atoms with Crippen LogP contribution in [-0.4, -0.2) is 37.0 Å². The summed E-state index contributed by atoms with van der Waals surface area (Å²) in [7, 11) is -3.60. The molecule has 1 aromatic rings. The van der Waals surface area contributed by atoms with Crippen molar-refractivity contribution in [3.05, 3.63) is 29.8 Å². The van der Waals surface area contributed by atoms with Gasteiger partial charge in [-0.2, -0.15) is 9.57 Å². The smallest absolute Gasteiger partial charge is 0.243 e. The Hall–Kier alpha value is -1.42. The molecule has 0 bridgehead atoms. The van der Waals surface area contributed by atoms with E-state index in [1.54, 1.807) is 26.0 Å². The lowest BCUT2D eigenvalue weighted by Gasteiger charge is -2.25. The fraction of sp³-hybridized carbons (Fsp3) is 0.462. The van der Waals surface area contributed by atoms with Crippen LogP contribution >= 0.6 is 0 Å². The summed E-state index contributed by atoms with van der Waals surface area (Å²) in [5, 5.41) is 17.5. The van der Waals surface area contributed by atoms with Gasteiger partial charge in [0.25, 0.3) is 0 Å². The van der Waals surface area contributed by atoms with Crippen LogP contribution < -0.4 is 0 Å². The SMILES string of the molecule is CC(C)N(CCO)S(=O)(=O)c1ccc(CC#N)cc1. The van der Waals surface area contributed by atoms with Gasteiger partial charge in [-0.1, -0.05) is 12.1 Å². The Kier molecular flexibility index (Phi) is 5.48. The van der Waals surface area contributed by atoms with Gasteiger partial charge in [0.15, 0.2) is 0 Å². The lowest BCUT2D eigenvalue weighted by molar-refractivity contribution is 0.236. The molecule has 1 rings (SSSR count). The average Bonchev–Trinajstić information content (AvgIpc) is 2.36. The lowest BCUT2D eigenvalue weighted by atomic mass is 10.2. The summed E-state index contributed by atoms with van der Waals surface area (Å²) in [6.07, 6.45) is 0.255. The minimum Gasteiger partial charge on any atom is -0.395 e. The molecule has 0 saturated carbocycles. The van der Waals surface area contributed by atoms with Crippen molar-refractivity contribution in [3.63, 3.8) is 0 Å². The molecule has 0 spiro atoms. The van der Waals surface area contributed by atoms with Crippen molar-refractivity contribution in [3.8, 4) is 6.07 Å². The van der Waals surface area contributed by atoms with Crippen LogP contribution in [0.15, 0.2) is 29.2 Å². The predicted octanol–water partition coefficient (Wildman–Crippen LogP) is 1.14. The molecule has 0 unspecified atom stereocenters. The second-order valence-electron chi connectivity index (χ2n) is 4.41. The van der Waals surface area contributed by atoms with Crippen LogP contribution in [0.1, 0.15) is 19.4 Å². The minimum absolute atomic E-state index is 0.0694. The van der Waals surface area contributed by atoms with E-state index < -0.39 is 10.0 Å². The van der Waals surface area contributed by atoms with Gasteiger partial charge in [-0.25, -0.2) is 8.42 Å². The maximum atomic E-state index is 12.4. The van der Waals surface area contributed by atoms with Crippen LogP contribution in [0.4, 0.5) is 0 Å². The van der Waals surface area contributed by atoms with Crippen molar-refractivity contribution in [2.24, 2.45) is 0 Å². The molecule has 0 heterocycles. The number of nitriles is 1. The zero-order chi connectivity index (χ0) is 14.5. The molecule has 1 N–H and O–H groups in total. The van der Waals surface area contributed by atoms with Crippen molar-refractivity contribution in [2.75, 3.05) is 13.2 Å². The van der Waals surface area contributed by atoms with Crippen LogP contribution in [0.5, 0.6) is 0 Å². The zero-order valence-electron chi connectivity index (χ0n) is 11.1. The van der Waals surface area contributed by atoms with Crippen LogP contribution in [-0.2, 0) is 16.4 Å². The van der Waals surface area contributed by atoms with Crippen LogP contribution in [0, 0.1) is 11.3 Å². The quantitative estimate of drug-likeness (QED) is 0.848. The molecule has 6 heteroatoms. The fourth-order valence-electron chi connectivity index (χ4n) is 1.76. The third-order valence-electron chi connectivity index (χ3n) is 2.71. The highest BCUT2D eigenvalue weighted by atomic mass is 32.2. The Labute approximate surface area is 114 Å². The molecule has 0 saturated heterocycles. The molecule has 0 aliphatic heterocycles. The Morgan fingerprint density at radius 3 is 2.32 bits per heavy atom. The van der Waals surface area contributed by atoms with E-state index in [1.165, 1.54) is 16.4 Å². The zero-order valence-corrected chi connectivity index (χ0v) is 11.9. The topological polar surface area (TPSA) is 81.4 Å². The molecule has 19 heavy (non-hydrogen) atoms. The van der Waals surface area contributed by atoms with Gasteiger partial charge >= 0.3 is 0 Å². The first-order chi connectivity index (χ1) is 8.93. The van der Waals surface area contributed by atoms with Gasteiger partial charge in [0.2, 0.25) is 10.0 Å². The molecular formula is C13H18N2O3S. The highest BCUT2D eigenvalue weighted by molar-refractivity contribution is 7.89. The second kappa shape index (κ2) is 6.66. The maximum absolute atomic E-state index is 12.4. The molecular weight excluding hydrogens is 264 g/mol. The largest absolute Gasteiger partial charge is 0.395 e. The Morgan fingerprint density at radius 2 is 1.89 bits per heavy atom. The first-order valence-corrected chi connectivity index (χ1v) is 7.46. The molecule has 104 valence electrons. The van der Waals surface area contributed by atoms with Crippen molar-refractivity contribution in [2.45, 2.75) is 31.2 Å². The van der Waals surface area contributed by atoms with E-state index in [-0.39, 0.29) is 30.5 Å². The summed E-state index contributed by atoms with van der Waals surface area (Å²) < 4.78 is 26.0. The summed E-state index contributed by atoms with van der Waals surface area (Å²) in [5.74, 6) is 0. The number of sulfonamides is 1. The first-order valence-electron chi connectivity index (χ1n) is 6.02. The molecule has 0 amide bonds. The molecule has 0 atom stereocenters. The van der Waals surface area contributed by atoms with E-state index >= 15 is 0 Å². The van der Waals surface area contributed by atoms with Gasteiger partial charge in [-0.05, 0) is 31.5 Å². The molecule has 1 aromatic carbocycles. The van der Waals surface area contributed by atoms with Gasteiger partial charge in [0, 0.05) is 12.6 Å². The Bertz CT molecular complexity index is 544. The third kappa shape index (κ3) is 3.77. The van der Waals surface area contributed by atoms with E-state index in [1.807, 2.05) is 6.07 Å². The van der Waals surface area contributed by atoms with Gasteiger partial charge < -0.3 is 5.11 Å². The number of benzene rings is 1. The second-order valence-corrected chi connectivity index (χ2v) is 6.30. The summed E-state index contributed by atoms with van der Waals surface area (Å²) in [4.78, 5) is 0.177. The van der Waals surface area contributed by atoms with E-state index in [0.29, 0.717) is 0 Å². The molecule has 0 radical (unpaired) electrons. The normalized spacial score (nSPS) is 11.8. The van der Waals surface area contributed by atoms with Crippen molar-refractivity contribution in [1.82, 2.24) is 4.31 Å². The monoisotopic (exact) mass is 282 g/mol. The number of nitrogens with zero attached hydrogens (tertiary/aromatic N) is 2. The van der Waals surface area contributed by atoms with E-state index in [2.05, 4.69) is 0 Å². The minimum atomic E-state index is -3.60. The molecule has 0 aromatic heterocycles. The van der Waals surface area contributed by atoms with E-state index in [0.717, 1.165) is 5.56 Å². The number of rotatable bonds is 6. The molecule has 5 nitrogen and oxygen atoms in total. The maximum Gasteiger partial charge on any atom is 0.243 e. The highest BCUT2D eigenvalue weighted by Crippen LogP contribution is 2.18. The van der Waals surface area contributed by atoms with Gasteiger partial charge in [-0.15, -0.1) is 0 Å². The number of aliphatic hydroxyl groups excluding tert-OH is 1. The first kappa shape index (κ1) is 15.6. The van der Waals surface area contributed by atoms with Crippen LogP contribution in [0.3, 0.4) is 0 Å². The molecule has 0 fully saturated rings. The van der Waals surface area contributed by atoms with Crippen LogP contribution in [0.25, 0.3) is 0 Å². The van der Waals surface area contributed by atoms with Gasteiger partial charge in [0.1, 0.15) is 0 Å². The average molecular weight is 282 g/mol. The fourth-order valence-corrected chi connectivity index (χ4v) is 3.39. The van der Waals surface area contributed by atoms with E-state index in [9.17, 15) is 8.42 Å². The summed E-state index contributed by atoms with van der Waals surface area (Å²) in [5.41, 5.74) is 0.778. The van der Waals surface area contributed by atoms with Crippen molar-refractivity contribution in [1.29, 1.82) is 5.26 Å². The Morgan fingerprint density at radius 1 is 1.32 bits per heavy atom. The summed E-state index contributed by atoms with van der Waals surface area (Å²) in [6.45, 7) is 3.37. The third-order valence-corrected chi connectivity index (χ3v) is 4.80. The number of hydrogen-bond acceptors (Lipinski definition) is 4. The Balaban J connectivity index is 3.08. The van der Waals surface area contributed by atoms with Crippen molar-refractivity contribution < 1.29 is 13.5 Å².